The lowest BCUT2D eigenvalue weighted by Gasteiger charge is -2.04. The molecular formula is C8H10N2O. The third-order valence-electron chi connectivity index (χ3n) is 1.26. The van der Waals surface area contributed by atoms with E-state index in [9.17, 15) is 4.79 Å². The zero-order valence-corrected chi connectivity index (χ0v) is 6.61. The summed E-state index contributed by atoms with van der Waals surface area (Å²) in [7, 11) is 3.64. The third-order valence-corrected chi connectivity index (χ3v) is 1.26. The van der Waals surface area contributed by atoms with Crippen molar-refractivity contribution in [3.8, 4) is 0 Å². The van der Waals surface area contributed by atoms with Gasteiger partial charge in [0.05, 0.1) is 5.71 Å². The van der Waals surface area contributed by atoms with Gasteiger partial charge in [-0.2, -0.15) is 5.10 Å². The Morgan fingerprint density at radius 1 is 1.55 bits per heavy atom. The number of rotatable bonds is 2. The van der Waals surface area contributed by atoms with E-state index >= 15 is 0 Å². The molecule has 0 unspecified atom stereocenters. The van der Waals surface area contributed by atoms with E-state index in [2.05, 4.69) is 5.10 Å². The Kier molecular flexibility index (Phi) is 2.21. The van der Waals surface area contributed by atoms with Gasteiger partial charge in [-0.1, -0.05) is 6.08 Å². The highest BCUT2D eigenvalue weighted by Gasteiger charge is 2.06. The second-order valence-electron chi connectivity index (χ2n) is 2.43. The van der Waals surface area contributed by atoms with Crippen LogP contribution in [0.4, 0.5) is 0 Å². The highest BCUT2D eigenvalue weighted by Crippen LogP contribution is 2.05. The van der Waals surface area contributed by atoms with E-state index in [-0.39, 0.29) is 0 Å². The third kappa shape index (κ3) is 1.77. The lowest BCUT2D eigenvalue weighted by molar-refractivity contribution is -0.104. The maximum absolute atomic E-state index is 10.4. The van der Waals surface area contributed by atoms with Crippen molar-refractivity contribution in [2.24, 2.45) is 5.10 Å². The molecule has 0 aromatic carbocycles. The SMILES string of the molecule is CN(C)/N=C1\C=CC=C1C=O. The van der Waals surface area contributed by atoms with Crippen LogP contribution < -0.4 is 0 Å². The van der Waals surface area contributed by atoms with E-state index in [4.69, 9.17) is 0 Å². The summed E-state index contributed by atoms with van der Waals surface area (Å²) in [6.07, 6.45) is 6.17. The minimum absolute atomic E-state index is 0.638. The number of hydrogen-bond donors (Lipinski definition) is 0. The van der Waals surface area contributed by atoms with Gasteiger partial charge in [0, 0.05) is 19.7 Å². The minimum Gasteiger partial charge on any atom is -0.303 e. The number of aldehydes is 1. The van der Waals surface area contributed by atoms with E-state index < -0.39 is 0 Å². The van der Waals surface area contributed by atoms with Crippen LogP contribution in [0.2, 0.25) is 0 Å². The van der Waals surface area contributed by atoms with Crippen LogP contribution in [0.5, 0.6) is 0 Å². The second-order valence-corrected chi connectivity index (χ2v) is 2.43. The van der Waals surface area contributed by atoms with Crippen molar-refractivity contribution in [1.82, 2.24) is 5.01 Å². The summed E-state index contributed by atoms with van der Waals surface area (Å²) in [5.74, 6) is 0. The fraction of sp³-hybridized carbons (Fsp3) is 0.250. The minimum atomic E-state index is 0.638. The Labute approximate surface area is 65.7 Å². The van der Waals surface area contributed by atoms with Crippen LogP contribution >= 0.6 is 0 Å². The van der Waals surface area contributed by atoms with Crippen molar-refractivity contribution < 1.29 is 4.79 Å². The van der Waals surface area contributed by atoms with Gasteiger partial charge in [-0.25, -0.2) is 0 Å². The van der Waals surface area contributed by atoms with Crippen molar-refractivity contribution in [2.45, 2.75) is 0 Å². The van der Waals surface area contributed by atoms with Crippen molar-refractivity contribution >= 4 is 12.0 Å². The van der Waals surface area contributed by atoms with Crippen LogP contribution in [0.15, 0.2) is 28.9 Å². The maximum Gasteiger partial charge on any atom is 0.152 e. The Balaban J connectivity index is 2.82. The van der Waals surface area contributed by atoms with Crippen LogP contribution in [-0.2, 0) is 4.79 Å². The molecule has 3 heteroatoms. The molecule has 0 aliphatic heterocycles. The first-order valence-electron chi connectivity index (χ1n) is 3.34. The van der Waals surface area contributed by atoms with Gasteiger partial charge in [-0.05, 0) is 12.2 Å². The highest BCUT2D eigenvalue weighted by molar-refractivity contribution is 6.22. The fourth-order valence-electron chi connectivity index (χ4n) is 0.831. The summed E-state index contributed by atoms with van der Waals surface area (Å²) < 4.78 is 0. The summed E-state index contributed by atoms with van der Waals surface area (Å²) in [6, 6.07) is 0. The Bertz CT molecular complexity index is 249. The monoisotopic (exact) mass is 150 g/mol. The molecule has 11 heavy (non-hydrogen) atoms. The first-order chi connectivity index (χ1) is 5.24. The highest BCUT2D eigenvalue weighted by atomic mass is 16.1. The van der Waals surface area contributed by atoms with Crippen LogP contribution in [0.3, 0.4) is 0 Å². The first kappa shape index (κ1) is 7.72. The molecule has 0 saturated carbocycles. The van der Waals surface area contributed by atoms with Gasteiger partial charge in [0.25, 0.3) is 0 Å². The molecule has 0 radical (unpaired) electrons. The van der Waals surface area contributed by atoms with Crippen molar-refractivity contribution in [3.05, 3.63) is 23.8 Å². The Morgan fingerprint density at radius 2 is 2.27 bits per heavy atom. The van der Waals surface area contributed by atoms with Crippen LogP contribution in [0.25, 0.3) is 0 Å². The fourth-order valence-corrected chi connectivity index (χ4v) is 0.831. The lowest BCUT2D eigenvalue weighted by Crippen LogP contribution is -2.08. The van der Waals surface area contributed by atoms with Gasteiger partial charge in [-0.3, -0.25) is 4.79 Å². The number of hydrazone groups is 1. The Hall–Kier alpha value is -1.38. The van der Waals surface area contributed by atoms with Crippen LogP contribution in [0.1, 0.15) is 0 Å². The number of carbonyl (C=O) groups is 1. The lowest BCUT2D eigenvalue weighted by atomic mass is 10.2. The molecule has 0 spiro atoms. The van der Waals surface area contributed by atoms with E-state index in [1.165, 1.54) is 0 Å². The summed E-state index contributed by atoms with van der Waals surface area (Å²) in [4.78, 5) is 10.4. The molecule has 0 amide bonds. The number of allylic oxidation sites excluding steroid dienone is 4. The zero-order chi connectivity index (χ0) is 8.27. The molecule has 0 aromatic rings. The molecule has 0 saturated heterocycles. The standard InChI is InChI=1S/C8H10N2O/c1-10(2)9-8-5-3-4-7(8)6-11/h3-6H,1-2H3/b9-8+. The van der Waals surface area contributed by atoms with Gasteiger partial charge in [0.1, 0.15) is 0 Å². The molecule has 3 nitrogen and oxygen atoms in total. The zero-order valence-electron chi connectivity index (χ0n) is 6.61. The predicted molar refractivity (Wildman–Crippen MR) is 44.4 cm³/mol. The first-order valence-corrected chi connectivity index (χ1v) is 3.34. The second kappa shape index (κ2) is 3.14. The quantitative estimate of drug-likeness (QED) is 0.426. The molecule has 1 aliphatic rings. The molecule has 1 aliphatic carbocycles. The van der Waals surface area contributed by atoms with Crippen molar-refractivity contribution in [3.63, 3.8) is 0 Å². The summed E-state index contributed by atoms with van der Waals surface area (Å²) in [5.41, 5.74) is 1.36. The van der Waals surface area contributed by atoms with Gasteiger partial charge in [0.15, 0.2) is 6.29 Å². The molecule has 0 N–H and O–H groups in total. The topological polar surface area (TPSA) is 32.7 Å². The number of hydrogen-bond acceptors (Lipinski definition) is 3. The number of carbonyl (C=O) groups excluding carboxylic acids is 1. The van der Waals surface area contributed by atoms with Crippen molar-refractivity contribution in [2.75, 3.05) is 14.1 Å². The maximum atomic E-state index is 10.4. The van der Waals surface area contributed by atoms with Crippen LogP contribution in [-0.4, -0.2) is 31.1 Å². The normalized spacial score (nSPS) is 18.7. The molecule has 0 fully saturated rings. The van der Waals surface area contributed by atoms with Gasteiger partial charge >= 0.3 is 0 Å². The smallest absolute Gasteiger partial charge is 0.152 e. The van der Waals surface area contributed by atoms with E-state index in [0.717, 1.165) is 12.0 Å². The van der Waals surface area contributed by atoms with E-state index in [1.807, 2.05) is 26.2 Å². The van der Waals surface area contributed by atoms with E-state index in [1.54, 1.807) is 11.1 Å². The average Bonchev–Trinajstić information content (AvgIpc) is 2.34. The largest absolute Gasteiger partial charge is 0.303 e. The average molecular weight is 150 g/mol. The number of nitrogens with zero attached hydrogens (tertiary/aromatic N) is 2. The molecule has 0 heterocycles. The summed E-state index contributed by atoms with van der Waals surface area (Å²) >= 11 is 0. The van der Waals surface area contributed by atoms with Gasteiger partial charge < -0.3 is 5.01 Å². The molecule has 1 rings (SSSR count). The molecule has 0 bridgehead atoms. The van der Waals surface area contributed by atoms with Crippen LogP contribution in [0, 0.1) is 0 Å². The summed E-state index contributed by atoms with van der Waals surface area (Å²) in [6.45, 7) is 0. The van der Waals surface area contributed by atoms with Gasteiger partial charge in [0.2, 0.25) is 0 Å². The van der Waals surface area contributed by atoms with Gasteiger partial charge in [-0.15, -0.1) is 0 Å². The molecule has 0 atom stereocenters. The molecule has 0 aromatic heterocycles. The molecular weight excluding hydrogens is 140 g/mol. The summed E-state index contributed by atoms with van der Waals surface area (Å²) in [5, 5.41) is 5.76. The predicted octanol–water partition coefficient (Wildman–Crippen LogP) is 0.599. The Morgan fingerprint density at radius 3 is 2.82 bits per heavy atom. The van der Waals surface area contributed by atoms with Crippen molar-refractivity contribution in [1.29, 1.82) is 0 Å². The molecule has 58 valence electrons. The van der Waals surface area contributed by atoms with E-state index in [0.29, 0.717) is 5.57 Å².